The Labute approximate surface area is 233 Å². The highest BCUT2D eigenvalue weighted by molar-refractivity contribution is 5.87. The van der Waals surface area contributed by atoms with Gasteiger partial charge in [-0.25, -0.2) is 4.98 Å². The van der Waals surface area contributed by atoms with Crippen molar-refractivity contribution in [3.05, 3.63) is 72.3 Å². The second kappa shape index (κ2) is 11.7. The summed E-state index contributed by atoms with van der Waals surface area (Å²) in [6.45, 7) is 3.64. The zero-order valence-corrected chi connectivity index (χ0v) is 23.2. The lowest BCUT2D eigenvalue weighted by Crippen LogP contribution is -2.54. The number of hydrogen-bond acceptors (Lipinski definition) is 8. The predicted octanol–water partition coefficient (Wildman–Crippen LogP) is 2.92. The number of anilines is 1. The number of allylic oxidation sites excluding steroid dienone is 1. The first-order valence-electron chi connectivity index (χ1n) is 13.2. The van der Waals surface area contributed by atoms with Crippen molar-refractivity contribution in [2.45, 2.75) is 19.4 Å². The molecule has 1 fully saturated rings. The van der Waals surface area contributed by atoms with E-state index in [0.29, 0.717) is 55.5 Å². The summed E-state index contributed by atoms with van der Waals surface area (Å²) in [5.74, 6) is 1.81. The van der Waals surface area contributed by atoms with Crippen LogP contribution in [0, 0.1) is 5.92 Å². The van der Waals surface area contributed by atoms with Crippen LogP contribution in [0.2, 0.25) is 0 Å². The third-order valence-electron chi connectivity index (χ3n) is 7.33. The van der Waals surface area contributed by atoms with E-state index in [9.17, 15) is 9.59 Å². The summed E-state index contributed by atoms with van der Waals surface area (Å²) in [5.41, 5.74) is 2.38. The fourth-order valence-corrected chi connectivity index (χ4v) is 5.22. The molecule has 11 heteroatoms. The molecule has 2 unspecified atom stereocenters. The van der Waals surface area contributed by atoms with Crippen LogP contribution in [0.4, 0.5) is 5.82 Å². The van der Waals surface area contributed by atoms with Crippen molar-refractivity contribution >= 4 is 23.3 Å². The molecule has 5 rings (SSSR count). The highest BCUT2D eigenvalue weighted by Crippen LogP contribution is 2.32. The molecule has 1 aromatic carbocycles. The summed E-state index contributed by atoms with van der Waals surface area (Å²) in [6.07, 6.45) is 7.38. The molecule has 1 aliphatic heterocycles. The van der Waals surface area contributed by atoms with E-state index in [2.05, 4.69) is 10.3 Å². The molecule has 0 bridgehead atoms. The Bertz CT molecular complexity index is 1440. The van der Waals surface area contributed by atoms with Crippen molar-refractivity contribution in [2.24, 2.45) is 5.92 Å². The minimum absolute atomic E-state index is 0.0237. The minimum Gasteiger partial charge on any atom is -0.497 e. The fraction of sp³-hybridized carbons (Fsp3) is 0.379. The van der Waals surface area contributed by atoms with Crippen LogP contribution in [0.3, 0.4) is 0 Å². The van der Waals surface area contributed by atoms with Gasteiger partial charge < -0.3 is 29.3 Å². The third-order valence-corrected chi connectivity index (χ3v) is 7.33. The van der Waals surface area contributed by atoms with Crippen LogP contribution in [-0.4, -0.2) is 89.5 Å². The summed E-state index contributed by atoms with van der Waals surface area (Å²) in [6, 6.07) is 9.33. The Morgan fingerprint density at radius 1 is 1.00 bits per heavy atom. The van der Waals surface area contributed by atoms with Gasteiger partial charge in [0.1, 0.15) is 23.3 Å². The van der Waals surface area contributed by atoms with Gasteiger partial charge >= 0.3 is 0 Å². The third kappa shape index (κ3) is 5.18. The summed E-state index contributed by atoms with van der Waals surface area (Å²) in [4.78, 5) is 39.4. The van der Waals surface area contributed by atoms with Gasteiger partial charge in [-0.2, -0.15) is 0 Å². The van der Waals surface area contributed by atoms with Crippen LogP contribution >= 0.6 is 0 Å². The molecule has 40 heavy (non-hydrogen) atoms. The van der Waals surface area contributed by atoms with E-state index >= 15 is 0 Å². The Hall–Kier alpha value is -4.54. The number of carbonyl (C=O) groups is 2. The lowest BCUT2D eigenvalue weighted by molar-refractivity contribution is -0.141. The fourth-order valence-electron chi connectivity index (χ4n) is 5.22. The second-order valence-corrected chi connectivity index (χ2v) is 9.70. The number of nitrogens with zero attached hydrogens (tertiary/aromatic N) is 5. The molecule has 2 aromatic heterocycles. The van der Waals surface area contributed by atoms with E-state index < -0.39 is 12.0 Å². The molecule has 1 N–H and O–H groups in total. The predicted molar refractivity (Wildman–Crippen MR) is 149 cm³/mol. The molecule has 0 spiro atoms. The lowest BCUT2D eigenvalue weighted by atomic mass is 9.95. The number of fused-ring (bicyclic) bond motifs is 1. The van der Waals surface area contributed by atoms with Crippen molar-refractivity contribution in [1.29, 1.82) is 0 Å². The maximum absolute atomic E-state index is 13.5. The average Bonchev–Trinajstić information content (AvgIpc) is 3.38. The molecule has 3 heterocycles. The smallest absolute Gasteiger partial charge is 0.244 e. The monoisotopic (exact) mass is 546 g/mol. The van der Waals surface area contributed by atoms with E-state index in [1.807, 2.05) is 47.9 Å². The molecule has 3 aromatic rings. The summed E-state index contributed by atoms with van der Waals surface area (Å²) >= 11 is 0. The highest BCUT2D eigenvalue weighted by atomic mass is 16.5. The Morgan fingerprint density at radius 2 is 1.73 bits per heavy atom. The number of piperazine rings is 1. The van der Waals surface area contributed by atoms with Gasteiger partial charge in [0.15, 0.2) is 17.2 Å². The van der Waals surface area contributed by atoms with Crippen LogP contribution in [0.15, 0.2) is 72.3 Å². The van der Waals surface area contributed by atoms with Crippen molar-refractivity contribution in [1.82, 2.24) is 24.2 Å². The molecule has 210 valence electrons. The van der Waals surface area contributed by atoms with Gasteiger partial charge in [-0.15, -0.1) is 0 Å². The van der Waals surface area contributed by atoms with E-state index in [1.54, 1.807) is 42.5 Å². The first-order valence-corrected chi connectivity index (χ1v) is 13.2. The number of ether oxygens (including phenoxy) is 3. The number of methoxy groups -OCH3 is 3. The molecule has 11 nitrogen and oxygen atoms in total. The van der Waals surface area contributed by atoms with E-state index in [1.165, 1.54) is 7.11 Å². The molecule has 2 aliphatic rings. The average molecular weight is 547 g/mol. The van der Waals surface area contributed by atoms with Crippen molar-refractivity contribution in [3.63, 3.8) is 0 Å². The van der Waals surface area contributed by atoms with E-state index in [4.69, 9.17) is 19.2 Å². The van der Waals surface area contributed by atoms with Gasteiger partial charge in [-0.05, 0) is 13.0 Å². The number of rotatable bonds is 8. The number of aromatic nitrogens is 3. The van der Waals surface area contributed by atoms with Crippen molar-refractivity contribution in [3.8, 4) is 11.3 Å². The van der Waals surface area contributed by atoms with Crippen molar-refractivity contribution < 1.29 is 23.8 Å². The van der Waals surface area contributed by atoms with Crippen LogP contribution in [0.25, 0.3) is 16.9 Å². The Morgan fingerprint density at radius 3 is 2.40 bits per heavy atom. The lowest BCUT2D eigenvalue weighted by Gasteiger charge is -2.37. The molecular formula is C29H34N6O5. The van der Waals surface area contributed by atoms with Gasteiger partial charge in [0.05, 0.1) is 33.4 Å². The van der Waals surface area contributed by atoms with Crippen LogP contribution in [0.5, 0.6) is 0 Å². The van der Waals surface area contributed by atoms with Gasteiger partial charge in [0.2, 0.25) is 11.8 Å². The molecule has 0 saturated carbocycles. The zero-order valence-electron chi connectivity index (χ0n) is 23.2. The maximum Gasteiger partial charge on any atom is 0.244 e. The first kappa shape index (κ1) is 27.0. The maximum atomic E-state index is 13.5. The Kier molecular flexibility index (Phi) is 7.90. The van der Waals surface area contributed by atoms with Gasteiger partial charge in [0, 0.05) is 50.6 Å². The van der Waals surface area contributed by atoms with Gasteiger partial charge in [-0.1, -0.05) is 30.3 Å². The highest BCUT2D eigenvalue weighted by Gasteiger charge is 2.34. The topological polar surface area (TPSA) is 111 Å². The number of benzene rings is 1. The van der Waals surface area contributed by atoms with Gasteiger partial charge in [0.25, 0.3) is 0 Å². The number of nitrogens with one attached hydrogen (secondary N) is 1. The number of hydrogen-bond donors (Lipinski definition) is 1. The molecular weight excluding hydrogens is 512 g/mol. The molecule has 1 aliphatic carbocycles. The quantitative estimate of drug-likeness (QED) is 0.459. The minimum atomic E-state index is -0.509. The number of carbonyl (C=O) groups excluding carboxylic acids is 2. The summed E-state index contributed by atoms with van der Waals surface area (Å²) < 4.78 is 18.2. The van der Waals surface area contributed by atoms with E-state index in [-0.39, 0.29) is 11.8 Å². The van der Waals surface area contributed by atoms with Crippen LogP contribution < -0.4 is 5.32 Å². The normalized spacial score (nSPS) is 18.3. The Balaban J connectivity index is 1.25. The molecule has 2 amide bonds. The standard InChI is InChI=1S/C29H34N6O5/c1-19(31-27-25(20-8-6-5-7-9-20)32-24-18-30-10-11-35(24)27)28(36)33-12-14-34(15-13-33)29(37)21-16-22(38-2)26(40-4)23(17-21)39-3/h5-11,16,18-19,21,31H,12-15,17H2,1-4H3. The zero-order chi connectivity index (χ0) is 28.2. The molecule has 2 atom stereocenters. The number of amides is 2. The van der Waals surface area contributed by atoms with Crippen molar-refractivity contribution in [2.75, 3.05) is 52.8 Å². The van der Waals surface area contributed by atoms with E-state index in [0.717, 1.165) is 17.1 Å². The first-order chi connectivity index (χ1) is 19.4. The summed E-state index contributed by atoms with van der Waals surface area (Å²) in [5, 5.41) is 3.40. The largest absolute Gasteiger partial charge is 0.497 e. The van der Waals surface area contributed by atoms with Gasteiger partial charge in [-0.3, -0.25) is 19.0 Å². The molecule has 1 saturated heterocycles. The second-order valence-electron chi connectivity index (χ2n) is 9.70. The van der Waals surface area contributed by atoms with Crippen LogP contribution in [0.1, 0.15) is 13.3 Å². The summed E-state index contributed by atoms with van der Waals surface area (Å²) in [7, 11) is 4.64. The number of imidazole rings is 1. The van der Waals surface area contributed by atoms with Crippen LogP contribution in [-0.2, 0) is 23.8 Å². The molecule has 0 radical (unpaired) electrons. The SMILES string of the molecule is COC1=CC(C(=O)N2CCN(C(=O)C(C)Nc3c(-c4ccccc4)nc4cnccn34)CC2)CC(OC)=C1OC.